The molecule has 34 heavy (non-hydrogen) atoms. The Hall–Kier alpha value is -1.79. The summed E-state index contributed by atoms with van der Waals surface area (Å²) < 4.78 is 6.53. The summed E-state index contributed by atoms with van der Waals surface area (Å²) in [7, 11) is 0. The number of hydrogen-bond donors (Lipinski definition) is 2. The van der Waals surface area contributed by atoms with Gasteiger partial charge in [-0.1, -0.05) is 25.3 Å². The van der Waals surface area contributed by atoms with E-state index >= 15 is 0 Å². The number of rotatable bonds is 4. The monoisotopic (exact) mass is 466 g/mol. The molecule has 2 N–H and O–H groups in total. The normalized spacial score (nSPS) is 37.1. The fourth-order valence-corrected chi connectivity index (χ4v) is 8.40. The van der Waals surface area contributed by atoms with Gasteiger partial charge < -0.3 is 19.8 Å². The number of piperidine rings is 1. The molecule has 1 aromatic carbocycles. The molecule has 3 aliphatic heterocycles. The molecule has 1 aromatic rings. The van der Waals surface area contributed by atoms with Gasteiger partial charge in [0.2, 0.25) is 5.91 Å². The first-order chi connectivity index (χ1) is 16.5. The van der Waals surface area contributed by atoms with E-state index in [1.165, 1.54) is 37.7 Å². The number of phenolic OH excluding ortho intramolecular Hbond substituents is 1. The highest BCUT2D eigenvalue weighted by Gasteiger charge is 2.71. The predicted molar refractivity (Wildman–Crippen MR) is 128 cm³/mol. The minimum atomic E-state index is -0.948. The molecule has 7 rings (SSSR count). The van der Waals surface area contributed by atoms with E-state index in [4.69, 9.17) is 4.74 Å². The molecule has 2 saturated carbocycles. The first kappa shape index (κ1) is 21.5. The van der Waals surface area contributed by atoms with Crippen molar-refractivity contribution in [2.24, 2.45) is 11.8 Å². The molecule has 4 fully saturated rings. The second-order valence-electron chi connectivity index (χ2n) is 12.2. The van der Waals surface area contributed by atoms with Gasteiger partial charge in [-0.3, -0.25) is 9.69 Å². The van der Waals surface area contributed by atoms with E-state index in [1.54, 1.807) is 6.07 Å². The average Bonchev–Trinajstić information content (AvgIpc) is 3.60. The van der Waals surface area contributed by atoms with Crippen LogP contribution in [0.1, 0.15) is 75.3 Å². The van der Waals surface area contributed by atoms with Crippen molar-refractivity contribution in [3.63, 3.8) is 0 Å². The number of carbonyl (C=O) groups is 1. The maximum absolute atomic E-state index is 13.5. The first-order valence-corrected chi connectivity index (χ1v) is 13.8. The van der Waals surface area contributed by atoms with Crippen molar-refractivity contribution in [3.8, 4) is 11.5 Å². The number of likely N-dealkylation sites (tertiary alicyclic amines) is 2. The van der Waals surface area contributed by atoms with E-state index in [0.29, 0.717) is 37.6 Å². The standard InChI is InChI=1S/C28H38N2O4/c31-21-9-8-20-15-22-28(33)11-13-30(24(32)14-18-4-2-1-3-5-18)17-23-27(28,25(20)26(21)34-23)10-12-29(22)16-19-6-7-19/h8-9,18-19,22-23,31,33H,1-7,10-17H2/t22-,23+,27-,28-/m1/s1. The molecular formula is C28H38N2O4. The molecule has 0 radical (unpaired) electrons. The SMILES string of the molecule is O=C(CC1CCCCC1)N1CC[C@@]2(O)[C@H]3Cc4ccc(O)c5c4[C@@]2(CCN3CC2CC2)[C@H](C1)O5. The van der Waals surface area contributed by atoms with Crippen molar-refractivity contribution in [3.05, 3.63) is 23.3 Å². The van der Waals surface area contributed by atoms with Gasteiger partial charge in [0, 0.05) is 31.1 Å². The molecule has 3 aliphatic carbocycles. The molecule has 0 unspecified atom stereocenters. The lowest BCUT2D eigenvalue weighted by atomic mass is 9.52. The third-order valence-corrected chi connectivity index (χ3v) is 10.3. The van der Waals surface area contributed by atoms with Gasteiger partial charge in [0.1, 0.15) is 6.10 Å². The Morgan fingerprint density at radius 3 is 2.68 bits per heavy atom. The Labute approximate surface area is 202 Å². The molecule has 184 valence electrons. The Morgan fingerprint density at radius 2 is 1.88 bits per heavy atom. The Kier molecular flexibility index (Phi) is 4.81. The summed E-state index contributed by atoms with van der Waals surface area (Å²) in [6, 6.07) is 3.85. The number of aromatic hydroxyl groups is 1. The molecule has 0 aromatic heterocycles. The van der Waals surface area contributed by atoms with Crippen LogP contribution in [0.25, 0.3) is 0 Å². The van der Waals surface area contributed by atoms with Crippen LogP contribution < -0.4 is 4.74 Å². The summed E-state index contributed by atoms with van der Waals surface area (Å²) in [6.45, 7) is 3.13. The highest BCUT2D eigenvalue weighted by atomic mass is 16.5. The summed E-state index contributed by atoms with van der Waals surface area (Å²) in [5.41, 5.74) is 0.770. The molecule has 4 atom stereocenters. The maximum atomic E-state index is 13.5. The van der Waals surface area contributed by atoms with Gasteiger partial charge in [-0.15, -0.1) is 0 Å². The molecule has 6 nitrogen and oxygen atoms in total. The van der Waals surface area contributed by atoms with Gasteiger partial charge in [0.05, 0.1) is 17.6 Å². The molecule has 6 aliphatic rings. The highest BCUT2D eigenvalue weighted by molar-refractivity contribution is 5.77. The zero-order chi connectivity index (χ0) is 23.1. The van der Waals surface area contributed by atoms with Gasteiger partial charge in [0.15, 0.2) is 11.5 Å². The summed E-state index contributed by atoms with van der Waals surface area (Å²) in [6.07, 6.45) is 11.2. The molecule has 2 bridgehead atoms. The Morgan fingerprint density at radius 1 is 1.06 bits per heavy atom. The second-order valence-corrected chi connectivity index (χ2v) is 12.2. The van der Waals surface area contributed by atoms with Crippen LogP contribution in [0.2, 0.25) is 0 Å². The van der Waals surface area contributed by atoms with Crippen LogP contribution in [0.4, 0.5) is 0 Å². The number of aliphatic hydroxyl groups is 1. The van der Waals surface area contributed by atoms with Gasteiger partial charge in [0.25, 0.3) is 0 Å². The smallest absolute Gasteiger partial charge is 0.222 e. The van der Waals surface area contributed by atoms with Crippen LogP contribution in [0.3, 0.4) is 0 Å². The minimum absolute atomic E-state index is 0.0457. The molecule has 1 spiro atoms. The number of amides is 1. The van der Waals surface area contributed by atoms with E-state index in [2.05, 4.69) is 4.90 Å². The zero-order valence-corrected chi connectivity index (χ0v) is 20.2. The van der Waals surface area contributed by atoms with Gasteiger partial charge in [-0.05, 0) is 75.0 Å². The first-order valence-electron chi connectivity index (χ1n) is 13.8. The zero-order valence-electron chi connectivity index (χ0n) is 20.2. The summed E-state index contributed by atoms with van der Waals surface area (Å²) in [4.78, 5) is 18.0. The highest BCUT2D eigenvalue weighted by Crippen LogP contribution is 2.63. The molecule has 3 heterocycles. The van der Waals surface area contributed by atoms with E-state index < -0.39 is 11.0 Å². The average molecular weight is 467 g/mol. The minimum Gasteiger partial charge on any atom is -0.504 e. The van der Waals surface area contributed by atoms with E-state index in [9.17, 15) is 15.0 Å². The number of nitrogens with zero attached hydrogens (tertiary/aromatic N) is 2. The lowest BCUT2D eigenvalue weighted by Gasteiger charge is -2.60. The van der Waals surface area contributed by atoms with E-state index in [0.717, 1.165) is 50.3 Å². The van der Waals surface area contributed by atoms with Gasteiger partial charge in [-0.25, -0.2) is 0 Å². The fraction of sp³-hybridized carbons (Fsp3) is 0.750. The van der Waals surface area contributed by atoms with Crippen LogP contribution in [0.5, 0.6) is 11.5 Å². The third-order valence-electron chi connectivity index (χ3n) is 10.3. The Bertz CT molecular complexity index is 1000. The van der Waals surface area contributed by atoms with Crippen molar-refractivity contribution in [1.82, 2.24) is 9.80 Å². The van der Waals surface area contributed by atoms with Crippen LogP contribution in [0.15, 0.2) is 12.1 Å². The fourth-order valence-electron chi connectivity index (χ4n) is 8.40. The number of ether oxygens (including phenoxy) is 1. The topological polar surface area (TPSA) is 73.2 Å². The largest absolute Gasteiger partial charge is 0.504 e. The summed E-state index contributed by atoms with van der Waals surface area (Å²) >= 11 is 0. The molecular weight excluding hydrogens is 428 g/mol. The van der Waals surface area contributed by atoms with Crippen molar-refractivity contribution in [1.29, 1.82) is 0 Å². The van der Waals surface area contributed by atoms with E-state index in [-0.39, 0.29) is 23.8 Å². The van der Waals surface area contributed by atoms with Crippen LogP contribution in [0, 0.1) is 11.8 Å². The van der Waals surface area contributed by atoms with Crippen LogP contribution in [-0.4, -0.2) is 69.8 Å². The molecule has 2 saturated heterocycles. The van der Waals surface area contributed by atoms with Crippen molar-refractivity contribution in [2.45, 2.75) is 93.8 Å². The molecule has 1 amide bonds. The summed E-state index contributed by atoms with van der Waals surface area (Å²) in [5.74, 6) is 2.22. The van der Waals surface area contributed by atoms with Crippen molar-refractivity contribution < 1.29 is 19.7 Å². The van der Waals surface area contributed by atoms with Crippen molar-refractivity contribution in [2.75, 3.05) is 26.2 Å². The van der Waals surface area contributed by atoms with E-state index in [1.807, 2.05) is 11.0 Å². The van der Waals surface area contributed by atoms with Crippen molar-refractivity contribution >= 4 is 5.91 Å². The van der Waals surface area contributed by atoms with Gasteiger partial charge >= 0.3 is 0 Å². The number of phenols is 1. The number of benzene rings is 1. The number of carbonyl (C=O) groups excluding carboxylic acids is 1. The summed E-state index contributed by atoms with van der Waals surface area (Å²) in [5, 5.41) is 23.4. The quantitative estimate of drug-likeness (QED) is 0.712. The number of hydrogen-bond acceptors (Lipinski definition) is 5. The van der Waals surface area contributed by atoms with Gasteiger partial charge in [-0.2, -0.15) is 0 Å². The second kappa shape index (κ2) is 7.60. The predicted octanol–water partition coefficient (Wildman–Crippen LogP) is 3.37. The van der Waals surface area contributed by atoms with Crippen LogP contribution >= 0.6 is 0 Å². The third kappa shape index (κ3) is 2.97. The maximum Gasteiger partial charge on any atom is 0.222 e. The lowest BCUT2D eigenvalue weighted by molar-refractivity contribution is -0.162. The molecule has 6 heteroatoms. The Balaban J connectivity index is 1.26. The lowest BCUT2D eigenvalue weighted by Crippen LogP contribution is -2.74. The van der Waals surface area contributed by atoms with Crippen LogP contribution in [-0.2, 0) is 16.6 Å².